The number of nitrogens with one attached hydrogen (secondary N) is 1. The smallest absolute Gasteiger partial charge is 0.295 e. The van der Waals surface area contributed by atoms with Crippen LogP contribution in [0.3, 0.4) is 0 Å². The van der Waals surface area contributed by atoms with E-state index in [0.29, 0.717) is 17.2 Å². The maximum absolute atomic E-state index is 13.0. The van der Waals surface area contributed by atoms with E-state index in [1.807, 2.05) is 6.07 Å². The molecule has 2 N–H and O–H groups in total. The average molecular weight is 299 g/mol. The van der Waals surface area contributed by atoms with Crippen LogP contribution in [0.4, 0.5) is 4.39 Å². The highest BCUT2D eigenvalue weighted by Crippen LogP contribution is 2.20. The molecule has 0 fully saturated rings. The van der Waals surface area contributed by atoms with E-state index in [1.165, 1.54) is 19.2 Å². The normalized spacial score (nSPS) is 10.9. The lowest BCUT2D eigenvalue weighted by molar-refractivity contribution is -0.0379. The highest BCUT2D eigenvalue weighted by molar-refractivity contribution is 5.95. The van der Waals surface area contributed by atoms with Crippen LogP contribution in [0.15, 0.2) is 42.6 Å². The average Bonchev–Trinajstić information content (AvgIpc) is 2.97. The lowest BCUT2D eigenvalue weighted by Gasteiger charge is -2.10. The fraction of sp³-hybridized carbons (Fsp3) is 0.125. The fourth-order valence-corrected chi connectivity index (χ4v) is 2.33. The Morgan fingerprint density at radius 2 is 2.05 bits per heavy atom. The number of hydroxylamine groups is 2. The Balaban J connectivity index is 2.05. The molecule has 112 valence electrons. The van der Waals surface area contributed by atoms with Crippen LogP contribution in [0.25, 0.3) is 10.9 Å². The molecule has 0 aliphatic rings. The maximum atomic E-state index is 13.0. The molecule has 22 heavy (non-hydrogen) atoms. The molecule has 0 spiro atoms. The van der Waals surface area contributed by atoms with E-state index in [0.717, 1.165) is 16.5 Å². The molecule has 3 aromatic rings. The first-order chi connectivity index (χ1) is 10.5. The SMILES string of the molecule is CN(O)C(=O)c1cc2cc[nH]c2c(Cc2ccc(F)cc2)n1. The first-order valence-electron chi connectivity index (χ1n) is 6.73. The van der Waals surface area contributed by atoms with Gasteiger partial charge in [0.15, 0.2) is 0 Å². The third kappa shape index (κ3) is 2.68. The van der Waals surface area contributed by atoms with E-state index in [-0.39, 0.29) is 11.5 Å². The highest BCUT2D eigenvalue weighted by Gasteiger charge is 2.15. The minimum absolute atomic E-state index is 0.161. The van der Waals surface area contributed by atoms with E-state index in [4.69, 9.17) is 0 Å². The quantitative estimate of drug-likeness (QED) is 0.577. The van der Waals surface area contributed by atoms with Gasteiger partial charge in [0, 0.05) is 25.1 Å². The van der Waals surface area contributed by atoms with Crippen molar-refractivity contribution in [2.75, 3.05) is 7.05 Å². The van der Waals surface area contributed by atoms with Crippen molar-refractivity contribution in [1.82, 2.24) is 15.0 Å². The Morgan fingerprint density at radius 3 is 2.73 bits per heavy atom. The van der Waals surface area contributed by atoms with E-state index in [1.54, 1.807) is 24.4 Å². The summed E-state index contributed by atoms with van der Waals surface area (Å²) in [4.78, 5) is 19.3. The molecule has 1 amide bonds. The zero-order valence-electron chi connectivity index (χ0n) is 11.9. The van der Waals surface area contributed by atoms with Gasteiger partial charge >= 0.3 is 0 Å². The number of aromatic amines is 1. The zero-order valence-corrected chi connectivity index (χ0v) is 11.9. The van der Waals surface area contributed by atoms with E-state index in [2.05, 4.69) is 9.97 Å². The number of carbonyl (C=O) groups excluding carboxylic acids is 1. The third-order valence-electron chi connectivity index (χ3n) is 3.41. The van der Waals surface area contributed by atoms with Gasteiger partial charge in [-0.25, -0.2) is 14.4 Å². The van der Waals surface area contributed by atoms with Gasteiger partial charge in [0.25, 0.3) is 5.91 Å². The Hall–Kier alpha value is -2.73. The van der Waals surface area contributed by atoms with Crippen LogP contribution in [-0.2, 0) is 6.42 Å². The molecule has 2 heterocycles. The predicted octanol–water partition coefficient (Wildman–Crippen LogP) is 2.75. The minimum atomic E-state index is -0.580. The van der Waals surface area contributed by atoms with Crippen molar-refractivity contribution >= 4 is 16.8 Å². The Morgan fingerprint density at radius 1 is 1.32 bits per heavy atom. The molecule has 0 atom stereocenters. The van der Waals surface area contributed by atoms with Crippen LogP contribution in [-0.4, -0.2) is 33.2 Å². The lowest BCUT2D eigenvalue weighted by Crippen LogP contribution is -2.23. The number of pyridine rings is 1. The number of aromatic nitrogens is 2. The molecule has 0 aliphatic heterocycles. The largest absolute Gasteiger partial charge is 0.360 e. The summed E-state index contributed by atoms with van der Waals surface area (Å²) in [6.45, 7) is 0. The van der Waals surface area contributed by atoms with Crippen molar-refractivity contribution in [2.45, 2.75) is 6.42 Å². The Bertz CT molecular complexity index is 825. The maximum Gasteiger partial charge on any atom is 0.295 e. The molecular formula is C16H14FN3O2. The van der Waals surface area contributed by atoms with Crippen molar-refractivity contribution in [2.24, 2.45) is 0 Å². The molecule has 5 nitrogen and oxygen atoms in total. The van der Waals surface area contributed by atoms with Crippen molar-refractivity contribution in [1.29, 1.82) is 0 Å². The number of amides is 1. The Kier molecular flexibility index (Phi) is 3.60. The minimum Gasteiger partial charge on any atom is -0.360 e. The van der Waals surface area contributed by atoms with Crippen molar-refractivity contribution < 1.29 is 14.4 Å². The van der Waals surface area contributed by atoms with Crippen LogP contribution >= 0.6 is 0 Å². The second-order valence-electron chi connectivity index (χ2n) is 5.03. The number of benzene rings is 1. The van der Waals surface area contributed by atoms with E-state index >= 15 is 0 Å². The van der Waals surface area contributed by atoms with Gasteiger partial charge in [-0.2, -0.15) is 0 Å². The van der Waals surface area contributed by atoms with Gasteiger partial charge in [-0.15, -0.1) is 0 Å². The first-order valence-corrected chi connectivity index (χ1v) is 6.73. The van der Waals surface area contributed by atoms with Gasteiger partial charge < -0.3 is 4.98 Å². The number of fused-ring (bicyclic) bond motifs is 1. The number of H-pyrrole nitrogens is 1. The van der Waals surface area contributed by atoms with Gasteiger partial charge in [0.05, 0.1) is 11.2 Å². The summed E-state index contributed by atoms with van der Waals surface area (Å²) in [6.07, 6.45) is 2.21. The Labute approximate surface area is 126 Å². The summed E-state index contributed by atoms with van der Waals surface area (Å²) in [6, 6.07) is 9.58. The molecule has 6 heteroatoms. The molecule has 2 aromatic heterocycles. The highest BCUT2D eigenvalue weighted by atomic mass is 19.1. The number of carbonyl (C=O) groups is 1. The van der Waals surface area contributed by atoms with Crippen LogP contribution in [0.1, 0.15) is 21.7 Å². The summed E-state index contributed by atoms with van der Waals surface area (Å²) in [5.41, 5.74) is 2.53. The molecule has 0 unspecified atom stereocenters. The van der Waals surface area contributed by atoms with Crippen molar-refractivity contribution in [3.63, 3.8) is 0 Å². The second kappa shape index (κ2) is 5.57. The second-order valence-corrected chi connectivity index (χ2v) is 5.03. The number of hydrogen-bond acceptors (Lipinski definition) is 3. The van der Waals surface area contributed by atoms with Gasteiger partial charge in [-0.1, -0.05) is 12.1 Å². The third-order valence-corrected chi connectivity index (χ3v) is 3.41. The van der Waals surface area contributed by atoms with Gasteiger partial charge in [-0.3, -0.25) is 10.0 Å². The van der Waals surface area contributed by atoms with Gasteiger partial charge in [-0.05, 0) is 29.8 Å². The summed E-state index contributed by atoms with van der Waals surface area (Å²) in [5, 5.41) is 10.6. The van der Waals surface area contributed by atoms with Crippen LogP contribution in [0.2, 0.25) is 0 Å². The van der Waals surface area contributed by atoms with E-state index in [9.17, 15) is 14.4 Å². The van der Waals surface area contributed by atoms with Crippen LogP contribution in [0.5, 0.6) is 0 Å². The molecule has 1 aromatic carbocycles. The van der Waals surface area contributed by atoms with Crippen LogP contribution in [0, 0.1) is 5.82 Å². The number of nitrogens with zero attached hydrogens (tertiary/aromatic N) is 2. The van der Waals surface area contributed by atoms with Crippen molar-refractivity contribution in [3.05, 3.63) is 65.4 Å². The molecular weight excluding hydrogens is 285 g/mol. The van der Waals surface area contributed by atoms with Crippen LogP contribution < -0.4 is 0 Å². The number of rotatable bonds is 3. The molecule has 0 saturated carbocycles. The fourth-order valence-electron chi connectivity index (χ4n) is 2.33. The molecule has 0 bridgehead atoms. The summed E-state index contributed by atoms with van der Waals surface area (Å²) in [7, 11) is 1.25. The standard InChI is InChI=1S/C16H14FN3O2/c1-20(22)16(21)14-9-11-6-7-18-15(11)13(19-14)8-10-2-4-12(17)5-3-10/h2-7,9,18,22H,8H2,1H3. The first kappa shape index (κ1) is 14.2. The summed E-state index contributed by atoms with van der Waals surface area (Å²) < 4.78 is 13.0. The molecule has 3 rings (SSSR count). The van der Waals surface area contributed by atoms with Gasteiger partial charge in [0.2, 0.25) is 0 Å². The van der Waals surface area contributed by atoms with E-state index < -0.39 is 5.91 Å². The zero-order chi connectivity index (χ0) is 15.7. The molecule has 0 radical (unpaired) electrons. The lowest BCUT2D eigenvalue weighted by atomic mass is 10.1. The topological polar surface area (TPSA) is 69.2 Å². The number of hydrogen-bond donors (Lipinski definition) is 2. The number of halogens is 1. The summed E-state index contributed by atoms with van der Waals surface area (Å²) in [5.74, 6) is -0.879. The van der Waals surface area contributed by atoms with Crippen molar-refractivity contribution in [3.8, 4) is 0 Å². The molecule has 0 saturated heterocycles. The summed E-state index contributed by atoms with van der Waals surface area (Å²) >= 11 is 0. The predicted molar refractivity (Wildman–Crippen MR) is 79.2 cm³/mol. The molecule has 0 aliphatic carbocycles. The van der Waals surface area contributed by atoms with Gasteiger partial charge in [0.1, 0.15) is 11.5 Å². The monoisotopic (exact) mass is 299 g/mol.